The Balaban J connectivity index is 1.32. The SMILES string of the molecule is CC[C@H]1CC2(C3CC(CC3C3C[C@@H]4C[C@H]3C3CCC(C3)[C@@H](N)C4)[C@H]2N)[C@@H](C)C1(C)C. The molecule has 6 fully saturated rings. The fourth-order valence-corrected chi connectivity index (χ4v) is 11.5. The molecule has 2 nitrogen and oxygen atoms in total. The Bertz CT molecular complexity index is 686. The van der Waals surface area contributed by atoms with Crippen LogP contribution in [0.5, 0.6) is 0 Å². The van der Waals surface area contributed by atoms with Crippen molar-refractivity contribution in [3.8, 4) is 0 Å². The summed E-state index contributed by atoms with van der Waals surface area (Å²) >= 11 is 0. The van der Waals surface area contributed by atoms with Crippen LogP contribution in [0.25, 0.3) is 0 Å². The molecule has 0 aromatic carbocycles. The van der Waals surface area contributed by atoms with Crippen molar-refractivity contribution in [1.82, 2.24) is 0 Å². The summed E-state index contributed by atoms with van der Waals surface area (Å²) in [6.45, 7) is 10.2. The van der Waals surface area contributed by atoms with Crippen LogP contribution in [0.2, 0.25) is 0 Å². The normalized spacial score (nSPS) is 61.0. The smallest absolute Gasteiger partial charge is 0.0130 e. The monoisotopic (exact) mass is 412 g/mol. The van der Waals surface area contributed by atoms with Crippen LogP contribution in [0.3, 0.4) is 0 Å². The summed E-state index contributed by atoms with van der Waals surface area (Å²) in [6, 6.07) is 0.973. The Morgan fingerprint density at radius 3 is 2.23 bits per heavy atom. The molecule has 0 radical (unpaired) electrons. The Hall–Kier alpha value is -0.0800. The fraction of sp³-hybridized carbons (Fsp3) is 1.00. The predicted octanol–water partition coefficient (Wildman–Crippen LogP) is 5.84. The van der Waals surface area contributed by atoms with Gasteiger partial charge in [-0.15, -0.1) is 0 Å². The summed E-state index contributed by atoms with van der Waals surface area (Å²) in [4.78, 5) is 0. The zero-order valence-electron chi connectivity index (χ0n) is 20.2. The third-order valence-corrected chi connectivity index (χ3v) is 13.2. The Morgan fingerprint density at radius 2 is 1.53 bits per heavy atom. The second-order valence-electron chi connectivity index (χ2n) is 13.9. The molecule has 170 valence electrons. The summed E-state index contributed by atoms with van der Waals surface area (Å²) in [7, 11) is 0. The van der Waals surface area contributed by atoms with E-state index in [2.05, 4.69) is 27.7 Å². The topological polar surface area (TPSA) is 52.0 Å². The molecule has 6 aliphatic carbocycles. The molecule has 0 aromatic heterocycles. The zero-order chi connectivity index (χ0) is 21.0. The maximum atomic E-state index is 7.17. The van der Waals surface area contributed by atoms with E-state index < -0.39 is 0 Å². The van der Waals surface area contributed by atoms with Gasteiger partial charge >= 0.3 is 0 Å². The van der Waals surface area contributed by atoms with Crippen LogP contribution in [-0.2, 0) is 0 Å². The van der Waals surface area contributed by atoms with Gasteiger partial charge in [0.05, 0.1) is 0 Å². The molecule has 13 atom stereocenters. The van der Waals surface area contributed by atoms with E-state index in [-0.39, 0.29) is 0 Å². The van der Waals surface area contributed by atoms with Gasteiger partial charge in [0, 0.05) is 12.1 Å². The molecule has 7 unspecified atom stereocenters. The summed E-state index contributed by atoms with van der Waals surface area (Å²) in [6.07, 6.45) is 14.4. The molecular formula is C28H48N2. The van der Waals surface area contributed by atoms with Crippen LogP contribution in [0.15, 0.2) is 0 Å². The Morgan fingerprint density at radius 1 is 0.800 bits per heavy atom. The highest BCUT2D eigenvalue weighted by Gasteiger charge is 2.70. The second-order valence-corrected chi connectivity index (χ2v) is 13.9. The van der Waals surface area contributed by atoms with Crippen molar-refractivity contribution in [3.05, 3.63) is 0 Å². The molecular weight excluding hydrogens is 364 g/mol. The van der Waals surface area contributed by atoms with Crippen molar-refractivity contribution in [1.29, 1.82) is 0 Å². The molecule has 0 aliphatic heterocycles. The molecule has 30 heavy (non-hydrogen) atoms. The van der Waals surface area contributed by atoms with E-state index >= 15 is 0 Å². The third-order valence-electron chi connectivity index (χ3n) is 13.2. The van der Waals surface area contributed by atoms with E-state index in [0.717, 1.165) is 59.2 Å². The summed E-state index contributed by atoms with van der Waals surface area (Å²) in [5.74, 6) is 9.16. The number of nitrogens with two attached hydrogens (primary N) is 2. The van der Waals surface area contributed by atoms with Crippen molar-refractivity contribution >= 4 is 0 Å². The molecule has 6 aliphatic rings. The fourth-order valence-electron chi connectivity index (χ4n) is 11.5. The number of hydrogen-bond donors (Lipinski definition) is 2. The average molecular weight is 413 g/mol. The van der Waals surface area contributed by atoms with E-state index in [1.165, 1.54) is 64.2 Å². The van der Waals surface area contributed by atoms with Crippen LogP contribution in [0, 0.1) is 70.0 Å². The lowest BCUT2D eigenvalue weighted by Crippen LogP contribution is -2.53. The molecule has 6 rings (SSSR count). The minimum Gasteiger partial charge on any atom is -0.327 e. The maximum absolute atomic E-state index is 7.17. The van der Waals surface area contributed by atoms with Gasteiger partial charge in [-0.05, 0) is 128 Å². The first-order valence-electron chi connectivity index (χ1n) is 13.8. The van der Waals surface area contributed by atoms with Gasteiger partial charge in [0.15, 0.2) is 0 Å². The van der Waals surface area contributed by atoms with Crippen molar-refractivity contribution in [2.45, 2.75) is 104 Å². The van der Waals surface area contributed by atoms with Gasteiger partial charge in [-0.1, -0.05) is 34.1 Å². The van der Waals surface area contributed by atoms with Gasteiger partial charge in [0.2, 0.25) is 0 Å². The molecule has 6 saturated carbocycles. The van der Waals surface area contributed by atoms with E-state index in [0.29, 0.717) is 22.9 Å². The van der Waals surface area contributed by atoms with Crippen molar-refractivity contribution in [2.75, 3.05) is 0 Å². The molecule has 0 saturated heterocycles. The number of hydrogen-bond acceptors (Lipinski definition) is 2. The quantitative estimate of drug-likeness (QED) is 0.599. The summed E-state index contributed by atoms with van der Waals surface area (Å²) in [5, 5.41) is 0. The Kier molecular flexibility index (Phi) is 4.60. The molecule has 4 N–H and O–H groups in total. The lowest BCUT2D eigenvalue weighted by molar-refractivity contribution is -0.00795. The van der Waals surface area contributed by atoms with Gasteiger partial charge in [0.25, 0.3) is 0 Å². The van der Waals surface area contributed by atoms with Crippen LogP contribution >= 0.6 is 0 Å². The van der Waals surface area contributed by atoms with Crippen molar-refractivity contribution < 1.29 is 0 Å². The highest BCUT2D eigenvalue weighted by atomic mass is 14.9. The predicted molar refractivity (Wildman–Crippen MR) is 125 cm³/mol. The first-order valence-corrected chi connectivity index (χ1v) is 13.8. The zero-order valence-corrected chi connectivity index (χ0v) is 20.2. The Labute approximate surface area is 185 Å². The highest BCUT2D eigenvalue weighted by Crippen LogP contribution is 2.73. The minimum absolute atomic E-state index is 0.440. The molecule has 0 aromatic rings. The first-order chi connectivity index (χ1) is 14.3. The minimum atomic E-state index is 0.440. The van der Waals surface area contributed by atoms with Gasteiger partial charge in [-0.3, -0.25) is 0 Å². The van der Waals surface area contributed by atoms with Crippen LogP contribution in [0.4, 0.5) is 0 Å². The third kappa shape index (κ3) is 2.50. The van der Waals surface area contributed by atoms with Gasteiger partial charge in [-0.2, -0.15) is 0 Å². The molecule has 6 bridgehead atoms. The van der Waals surface area contributed by atoms with Crippen LogP contribution in [-0.4, -0.2) is 12.1 Å². The van der Waals surface area contributed by atoms with Crippen molar-refractivity contribution in [3.63, 3.8) is 0 Å². The van der Waals surface area contributed by atoms with E-state index in [9.17, 15) is 0 Å². The van der Waals surface area contributed by atoms with Gasteiger partial charge in [0.1, 0.15) is 0 Å². The van der Waals surface area contributed by atoms with E-state index in [1.54, 1.807) is 0 Å². The lowest BCUT2D eigenvalue weighted by Gasteiger charge is -2.50. The molecule has 0 amide bonds. The van der Waals surface area contributed by atoms with Gasteiger partial charge in [-0.25, -0.2) is 0 Å². The van der Waals surface area contributed by atoms with Crippen LogP contribution < -0.4 is 11.5 Å². The second kappa shape index (κ2) is 6.72. The van der Waals surface area contributed by atoms with Gasteiger partial charge < -0.3 is 11.5 Å². The van der Waals surface area contributed by atoms with E-state index in [4.69, 9.17) is 11.5 Å². The lowest BCUT2D eigenvalue weighted by atomic mass is 9.55. The number of fused-ring (bicyclic) bond motifs is 8. The molecule has 1 spiro atoms. The standard InChI is InChI=1S/C28H48N2/c1-5-20-14-28(15(2)27(20,3)4)24-13-19(26(28)30)12-23(24)22-9-16-8-21(22)17-6-7-18(11-17)25(29)10-16/h15-26H,5-14,29-30H2,1-4H3/t15-,16-,17?,18?,19?,20-,21-,22?,23?,24?,25-,26+,28?/m0/s1. The molecule has 0 heterocycles. The average Bonchev–Trinajstić information content (AvgIpc) is 3.48. The number of rotatable bonds is 2. The summed E-state index contributed by atoms with van der Waals surface area (Å²) < 4.78 is 0. The highest BCUT2D eigenvalue weighted by molar-refractivity contribution is 5.20. The van der Waals surface area contributed by atoms with E-state index in [1.807, 2.05) is 0 Å². The largest absolute Gasteiger partial charge is 0.327 e. The summed E-state index contributed by atoms with van der Waals surface area (Å²) in [5.41, 5.74) is 14.8. The molecule has 2 heteroatoms. The maximum Gasteiger partial charge on any atom is 0.0130 e. The van der Waals surface area contributed by atoms with Crippen molar-refractivity contribution in [2.24, 2.45) is 81.5 Å². The van der Waals surface area contributed by atoms with Crippen LogP contribution in [0.1, 0.15) is 91.9 Å². The first kappa shape index (κ1) is 20.5.